The van der Waals surface area contributed by atoms with Crippen molar-refractivity contribution in [3.63, 3.8) is 0 Å². The molecule has 0 amide bonds. The maximum Gasteiger partial charge on any atom is 0.282 e. The molecule has 1 aromatic carbocycles. The van der Waals surface area contributed by atoms with Gasteiger partial charge in [-0.1, -0.05) is 18.0 Å². The zero-order valence-electron chi connectivity index (χ0n) is 16.2. The van der Waals surface area contributed by atoms with Crippen molar-refractivity contribution in [2.75, 3.05) is 26.4 Å². The first-order valence-corrected chi connectivity index (χ1v) is 11.7. The van der Waals surface area contributed by atoms with E-state index in [2.05, 4.69) is 5.16 Å². The molecule has 9 heteroatoms. The lowest BCUT2D eigenvalue weighted by Crippen LogP contribution is -2.44. The van der Waals surface area contributed by atoms with Crippen molar-refractivity contribution in [3.05, 3.63) is 30.0 Å². The molecule has 3 aliphatic rings. The summed E-state index contributed by atoms with van der Waals surface area (Å²) in [5.41, 5.74) is 1.50. The summed E-state index contributed by atoms with van der Waals surface area (Å²) < 4.78 is 46.3. The van der Waals surface area contributed by atoms with Gasteiger partial charge < -0.3 is 14.0 Å². The average Bonchev–Trinajstić information content (AvgIpc) is 3.46. The molecule has 29 heavy (non-hydrogen) atoms. The molecule has 4 heterocycles. The molecule has 8 nitrogen and oxygen atoms in total. The highest BCUT2D eigenvalue weighted by molar-refractivity contribution is 7.86. The second kappa shape index (κ2) is 7.62. The monoisotopic (exact) mass is 419 g/mol. The fraction of sp³-hybridized carbons (Fsp3) is 0.550. The summed E-state index contributed by atoms with van der Waals surface area (Å²) in [5.74, 6) is 1.98. The Balaban J connectivity index is 1.45. The summed E-state index contributed by atoms with van der Waals surface area (Å²) in [5, 5.41) is 4.27. The minimum absolute atomic E-state index is 0.214. The van der Waals surface area contributed by atoms with Gasteiger partial charge in [-0.2, -0.15) is 17.0 Å². The molecule has 0 N–H and O–H groups in total. The molecule has 0 radical (unpaired) electrons. The van der Waals surface area contributed by atoms with E-state index < -0.39 is 10.2 Å². The van der Waals surface area contributed by atoms with Crippen molar-refractivity contribution in [3.8, 4) is 22.8 Å². The number of aromatic nitrogens is 1. The fourth-order valence-corrected chi connectivity index (χ4v) is 6.26. The van der Waals surface area contributed by atoms with E-state index in [1.807, 2.05) is 24.3 Å². The molecule has 0 saturated carbocycles. The second-order valence-corrected chi connectivity index (χ2v) is 9.65. The third kappa shape index (κ3) is 3.51. The Morgan fingerprint density at radius 3 is 2.59 bits per heavy atom. The summed E-state index contributed by atoms with van der Waals surface area (Å²) in [6.45, 7) is 1.95. The normalized spacial score (nSPS) is 23.4. The minimum Gasteiger partial charge on any atom is -0.454 e. The standard InChI is InChI=1S/C20H25N3O5S/c24-29(25,22-9-4-5-10-22)23-11-3-1-2-6-17(23)16-13-19(28-21-16)15-7-8-18-20(12-15)27-14-26-18/h7-8,12-13,17H,1-6,9-11,14H2. The van der Waals surface area contributed by atoms with Gasteiger partial charge in [0.2, 0.25) is 6.79 Å². The molecule has 0 aliphatic carbocycles. The molecule has 1 atom stereocenters. The van der Waals surface area contributed by atoms with Crippen LogP contribution in [0, 0.1) is 0 Å². The maximum atomic E-state index is 13.3. The third-order valence-electron chi connectivity index (χ3n) is 5.92. The number of rotatable bonds is 4. The third-order valence-corrected chi connectivity index (χ3v) is 7.97. The van der Waals surface area contributed by atoms with Gasteiger partial charge in [-0.15, -0.1) is 0 Å². The lowest BCUT2D eigenvalue weighted by molar-refractivity contribution is 0.174. The van der Waals surface area contributed by atoms with Gasteiger partial charge in [0.15, 0.2) is 17.3 Å². The van der Waals surface area contributed by atoms with E-state index in [1.54, 1.807) is 8.61 Å². The van der Waals surface area contributed by atoms with Crippen molar-refractivity contribution >= 4 is 10.2 Å². The predicted octanol–water partition coefficient (Wildman–Crippen LogP) is 3.33. The summed E-state index contributed by atoms with van der Waals surface area (Å²) >= 11 is 0. The second-order valence-electron chi connectivity index (χ2n) is 7.77. The molecule has 1 aromatic heterocycles. The molecule has 0 spiro atoms. The lowest BCUT2D eigenvalue weighted by Gasteiger charge is -2.31. The van der Waals surface area contributed by atoms with Crippen LogP contribution in [-0.4, -0.2) is 48.6 Å². The van der Waals surface area contributed by atoms with E-state index >= 15 is 0 Å². The zero-order chi connectivity index (χ0) is 19.8. The summed E-state index contributed by atoms with van der Waals surface area (Å²) in [4.78, 5) is 0. The number of nitrogens with zero attached hydrogens (tertiary/aromatic N) is 3. The van der Waals surface area contributed by atoms with Crippen LogP contribution in [0.5, 0.6) is 11.5 Å². The van der Waals surface area contributed by atoms with Gasteiger partial charge in [0.1, 0.15) is 5.69 Å². The smallest absolute Gasteiger partial charge is 0.282 e. The Kier molecular flexibility index (Phi) is 4.97. The van der Waals surface area contributed by atoms with Gasteiger partial charge >= 0.3 is 0 Å². The quantitative estimate of drug-likeness (QED) is 0.756. The van der Waals surface area contributed by atoms with Crippen molar-refractivity contribution in [1.82, 2.24) is 13.8 Å². The molecule has 0 bridgehead atoms. The number of benzene rings is 1. The Labute approximate surface area is 170 Å². The van der Waals surface area contributed by atoms with Gasteiger partial charge in [-0.3, -0.25) is 0 Å². The minimum atomic E-state index is -3.50. The van der Waals surface area contributed by atoms with Crippen molar-refractivity contribution in [2.24, 2.45) is 0 Å². The van der Waals surface area contributed by atoms with Crippen LogP contribution in [0.2, 0.25) is 0 Å². The Morgan fingerprint density at radius 1 is 0.931 bits per heavy atom. The Morgan fingerprint density at radius 2 is 1.72 bits per heavy atom. The number of hydrogen-bond acceptors (Lipinski definition) is 6. The molecular formula is C20H25N3O5S. The van der Waals surface area contributed by atoms with E-state index in [0.29, 0.717) is 42.6 Å². The number of fused-ring (bicyclic) bond motifs is 1. The summed E-state index contributed by atoms with van der Waals surface area (Å²) in [6.07, 6.45) is 5.47. The first-order valence-electron chi connectivity index (χ1n) is 10.3. The first-order chi connectivity index (χ1) is 14.1. The Bertz CT molecular complexity index is 984. The summed E-state index contributed by atoms with van der Waals surface area (Å²) in [6, 6.07) is 7.16. The topological polar surface area (TPSA) is 85.1 Å². The summed E-state index contributed by atoms with van der Waals surface area (Å²) in [7, 11) is -3.50. The van der Waals surface area contributed by atoms with Gasteiger partial charge in [-0.25, -0.2) is 0 Å². The van der Waals surface area contributed by atoms with Crippen LogP contribution in [-0.2, 0) is 10.2 Å². The molecule has 156 valence electrons. The molecular weight excluding hydrogens is 394 g/mol. The number of ether oxygens (including phenoxy) is 2. The molecule has 1 unspecified atom stereocenters. The zero-order valence-corrected chi connectivity index (χ0v) is 17.1. The molecule has 2 aromatic rings. The van der Waals surface area contributed by atoms with Crippen LogP contribution in [0.1, 0.15) is 50.3 Å². The predicted molar refractivity (Wildman–Crippen MR) is 106 cm³/mol. The largest absolute Gasteiger partial charge is 0.454 e. The van der Waals surface area contributed by atoms with E-state index in [4.69, 9.17) is 14.0 Å². The van der Waals surface area contributed by atoms with Crippen molar-refractivity contribution < 1.29 is 22.4 Å². The SMILES string of the molecule is O=S(=O)(N1CCCC1)N1CCCCCC1c1cc(-c2ccc3c(c2)OCO3)on1. The highest BCUT2D eigenvalue weighted by atomic mass is 32.2. The lowest BCUT2D eigenvalue weighted by atomic mass is 10.1. The average molecular weight is 420 g/mol. The van der Waals surface area contributed by atoms with Gasteiger partial charge in [0.05, 0.1) is 6.04 Å². The van der Waals surface area contributed by atoms with Crippen LogP contribution in [0.25, 0.3) is 11.3 Å². The molecule has 2 fully saturated rings. The fourth-order valence-electron chi connectivity index (χ4n) is 4.35. The van der Waals surface area contributed by atoms with Crippen LogP contribution >= 0.6 is 0 Å². The van der Waals surface area contributed by atoms with E-state index in [0.717, 1.165) is 44.1 Å². The highest BCUT2D eigenvalue weighted by Gasteiger charge is 2.38. The van der Waals surface area contributed by atoms with Crippen LogP contribution in [0.4, 0.5) is 0 Å². The van der Waals surface area contributed by atoms with Crippen molar-refractivity contribution in [1.29, 1.82) is 0 Å². The highest BCUT2D eigenvalue weighted by Crippen LogP contribution is 2.38. The molecule has 2 saturated heterocycles. The van der Waals surface area contributed by atoms with Gasteiger partial charge in [0.25, 0.3) is 10.2 Å². The number of hydrogen-bond donors (Lipinski definition) is 0. The van der Waals surface area contributed by atoms with Crippen LogP contribution in [0.3, 0.4) is 0 Å². The Hall–Kier alpha value is -2.10. The van der Waals surface area contributed by atoms with E-state index in [9.17, 15) is 8.42 Å². The van der Waals surface area contributed by atoms with Crippen LogP contribution < -0.4 is 9.47 Å². The van der Waals surface area contributed by atoms with Gasteiger partial charge in [-0.05, 0) is 43.9 Å². The first kappa shape index (κ1) is 18.9. The van der Waals surface area contributed by atoms with Crippen LogP contribution in [0.15, 0.2) is 28.8 Å². The van der Waals surface area contributed by atoms with Gasteiger partial charge in [0, 0.05) is 31.3 Å². The molecule has 3 aliphatic heterocycles. The molecule has 5 rings (SSSR count). The van der Waals surface area contributed by atoms with E-state index in [1.165, 1.54) is 0 Å². The van der Waals surface area contributed by atoms with Crippen molar-refractivity contribution in [2.45, 2.75) is 44.6 Å². The maximum absolute atomic E-state index is 13.3. The van der Waals surface area contributed by atoms with E-state index in [-0.39, 0.29) is 12.8 Å².